The van der Waals surface area contributed by atoms with Crippen LogP contribution in [0.15, 0.2) is 0 Å². The highest BCUT2D eigenvalue weighted by atomic mass is 16.7. The maximum atomic E-state index is 6.23. The molecule has 0 radical (unpaired) electrons. The summed E-state index contributed by atoms with van der Waals surface area (Å²) in [6.45, 7) is 4.44. The molecule has 106 valence electrons. The Morgan fingerprint density at radius 1 is 0.667 bits per heavy atom. The lowest BCUT2D eigenvalue weighted by atomic mass is 9.97. The minimum absolute atomic E-state index is 0.0243. The molecule has 2 rings (SSSR count). The van der Waals surface area contributed by atoms with E-state index in [2.05, 4.69) is 13.8 Å². The largest absolute Gasteiger partial charge is 0.349 e. The summed E-state index contributed by atoms with van der Waals surface area (Å²) in [6, 6.07) is 0. The average Bonchev–Trinajstić information content (AvgIpc) is 2.40. The molecule has 0 aromatic heterocycles. The van der Waals surface area contributed by atoms with Crippen LogP contribution in [0, 0.1) is 5.92 Å². The molecule has 2 nitrogen and oxygen atoms in total. The number of rotatable bonds is 5. The molecule has 18 heavy (non-hydrogen) atoms. The van der Waals surface area contributed by atoms with Crippen molar-refractivity contribution in [3.05, 3.63) is 0 Å². The average molecular weight is 254 g/mol. The smallest absolute Gasteiger partial charge is 0.160 e. The van der Waals surface area contributed by atoms with Gasteiger partial charge >= 0.3 is 0 Å². The number of hydrogen-bond acceptors (Lipinski definition) is 2. The molecule has 0 aliphatic heterocycles. The lowest BCUT2D eigenvalue weighted by Gasteiger charge is -2.33. The van der Waals surface area contributed by atoms with E-state index in [1.54, 1.807) is 0 Å². The highest BCUT2D eigenvalue weighted by Crippen LogP contribution is 2.27. The zero-order valence-corrected chi connectivity index (χ0v) is 12.2. The van der Waals surface area contributed by atoms with Crippen LogP contribution >= 0.6 is 0 Å². The van der Waals surface area contributed by atoms with E-state index in [1.165, 1.54) is 64.2 Å². The first-order valence-electron chi connectivity index (χ1n) is 8.06. The van der Waals surface area contributed by atoms with Crippen molar-refractivity contribution >= 4 is 0 Å². The third kappa shape index (κ3) is 4.55. The summed E-state index contributed by atoms with van der Waals surface area (Å²) in [7, 11) is 0. The molecule has 0 N–H and O–H groups in total. The molecular weight excluding hydrogens is 224 g/mol. The van der Waals surface area contributed by atoms with Crippen LogP contribution in [0.4, 0.5) is 0 Å². The van der Waals surface area contributed by atoms with E-state index in [1.807, 2.05) is 0 Å². The van der Waals surface area contributed by atoms with Crippen LogP contribution in [-0.4, -0.2) is 18.5 Å². The molecule has 0 heterocycles. The van der Waals surface area contributed by atoms with Gasteiger partial charge in [0, 0.05) is 5.92 Å². The first kappa shape index (κ1) is 14.3. The van der Waals surface area contributed by atoms with Crippen LogP contribution < -0.4 is 0 Å². The van der Waals surface area contributed by atoms with Gasteiger partial charge < -0.3 is 9.47 Å². The second-order valence-corrected chi connectivity index (χ2v) is 6.40. The Hall–Kier alpha value is -0.0800. The number of hydrogen-bond donors (Lipinski definition) is 0. The Kier molecular flexibility index (Phi) is 5.97. The van der Waals surface area contributed by atoms with Gasteiger partial charge in [0.1, 0.15) is 0 Å². The second kappa shape index (κ2) is 7.49. The molecule has 2 saturated carbocycles. The van der Waals surface area contributed by atoms with Crippen molar-refractivity contribution in [2.45, 2.75) is 96.6 Å². The summed E-state index contributed by atoms with van der Waals surface area (Å²) in [5.41, 5.74) is 0. The van der Waals surface area contributed by atoms with Gasteiger partial charge in [-0.1, -0.05) is 52.4 Å². The first-order valence-corrected chi connectivity index (χ1v) is 8.06. The maximum absolute atomic E-state index is 6.23. The van der Waals surface area contributed by atoms with Crippen molar-refractivity contribution < 1.29 is 9.47 Å². The summed E-state index contributed by atoms with van der Waals surface area (Å²) in [5.74, 6) is 0.467. The fraction of sp³-hybridized carbons (Fsp3) is 1.00. The lowest BCUT2D eigenvalue weighted by Crippen LogP contribution is -2.34. The summed E-state index contributed by atoms with van der Waals surface area (Å²) >= 11 is 0. The maximum Gasteiger partial charge on any atom is 0.160 e. The summed E-state index contributed by atoms with van der Waals surface area (Å²) in [4.78, 5) is 0. The SMILES string of the molecule is CC(C)C(OC1CCCCC1)OC1CCCCC1. The molecule has 2 aliphatic rings. The zero-order chi connectivity index (χ0) is 12.8. The molecular formula is C16H30O2. The fourth-order valence-corrected chi connectivity index (χ4v) is 3.13. The molecule has 0 spiro atoms. The minimum Gasteiger partial charge on any atom is -0.349 e. The van der Waals surface area contributed by atoms with E-state index >= 15 is 0 Å². The molecule has 0 bridgehead atoms. The van der Waals surface area contributed by atoms with Crippen LogP contribution in [-0.2, 0) is 9.47 Å². The van der Waals surface area contributed by atoms with Gasteiger partial charge in [-0.15, -0.1) is 0 Å². The van der Waals surface area contributed by atoms with Crippen LogP contribution in [0.1, 0.15) is 78.1 Å². The molecule has 2 aliphatic carbocycles. The van der Waals surface area contributed by atoms with Crippen molar-refractivity contribution in [1.29, 1.82) is 0 Å². The van der Waals surface area contributed by atoms with Crippen molar-refractivity contribution in [2.75, 3.05) is 0 Å². The van der Waals surface area contributed by atoms with Crippen LogP contribution in [0.2, 0.25) is 0 Å². The van der Waals surface area contributed by atoms with E-state index in [-0.39, 0.29) is 6.29 Å². The standard InChI is InChI=1S/C16H30O2/c1-13(2)16(17-14-9-5-3-6-10-14)18-15-11-7-4-8-12-15/h13-16H,3-12H2,1-2H3. The molecule has 0 aromatic rings. The predicted octanol–water partition coefficient (Wildman–Crippen LogP) is 4.67. The summed E-state index contributed by atoms with van der Waals surface area (Å²) < 4.78 is 12.5. The Balaban J connectivity index is 1.78. The van der Waals surface area contributed by atoms with Crippen molar-refractivity contribution in [3.63, 3.8) is 0 Å². The van der Waals surface area contributed by atoms with Gasteiger partial charge in [-0.05, 0) is 25.7 Å². The number of ether oxygens (including phenoxy) is 2. The van der Waals surface area contributed by atoms with Crippen molar-refractivity contribution in [3.8, 4) is 0 Å². The van der Waals surface area contributed by atoms with Gasteiger partial charge in [-0.25, -0.2) is 0 Å². The van der Waals surface area contributed by atoms with E-state index in [9.17, 15) is 0 Å². The van der Waals surface area contributed by atoms with Crippen LogP contribution in [0.5, 0.6) is 0 Å². The minimum atomic E-state index is 0.0243. The van der Waals surface area contributed by atoms with Gasteiger partial charge in [-0.3, -0.25) is 0 Å². The first-order chi connectivity index (χ1) is 8.75. The van der Waals surface area contributed by atoms with E-state index in [0.29, 0.717) is 18.1 Å². The zero-order valence-electron chi connectivity index (χ0n) is 12.2. The second-order valence-electron chi connectivity index (χ2n) is 6.40. The van der Waals surface area contributed by atoms with Crippen molar-refractivity contribution in [1.82, 2.24) is 0 Å². The Bertz CT molecular complexity index is 195. The highest BCUT2D eigenvalue weighted by molar-refractivity contribution is 4.70. The van der Waals surface area contributed by atoms with Gasteiger partial charge in [0.15, 0.2) is 6.29 Å². The van der Waals surface area contributed by atoms with E-state index in [4.69, 9.17) is 9.47 Å². The molecule has 0 atom stereocenters. The summed E-state index contributed by atoms with van der Waals surface area (Å²) in [5, 5.41) is 0. The molecule has 0 aromatic carbocycles. The molecule has 0 amide bonds. The van der Waals surface area contributed by atoms with Crippen LogP contribution in [0.3, 0.4) is 0 Å². The van der Waals surface area contributed by atoms with Gasteiger partial charge in [0.2, 0.25) is 0 Å². The monoisotopic (exact) mass is 254 g/mol. The Labute approximate surface area is 112 Å². The quantitative estimate of drug-likeness (QED) is 0.664. The van der Waals surface area contributed by atoms with Gasteiger partial charge in [-0.2, -0.15) is 0 Å². The molecule has 0 unspecified atom stereocenters. The van der Waals surface area contributed by atoms with E-state index in [0.717, 1.165) is 0 Å². The Morgan fingerprint density at radius 3 is 1.39 bits per heavy atom. The third-order valence-electron chi connectivity index (χ3n) is 4.30. The van der Waals surface area contributed by atoms with Crippen LogP contribution in [0.25, 0.3) is 0 Å². The normalized spacial score (nSPS) is 24.0. The fourth-order valence-electron chi connectivity index (χ4n) is 3.13. The molecule has 2 heteroatoms. The van der Waals surface area contributed by atoms with Gasteiger partial charge in [0.05, 0.1) is 12.2 Å². The molecule has 2 fully saturated rings. The summed E-state index contributed by atoms with van der Waals surface area (Å²) in [6.07, 6.45) is 14.0. The lowest BCUT2D eigenvalue weighted by molar-refractivity contribution is -0.222. The van der Waals surface area contributed by atoms with E-state index < -0.39 is 0 Å². The predicted molar refractivity (Wildman–Crippen MR) is 74.5 cm³/mol. The third-order valence-corrected chi connectivity index (χ3v) is 4.30. The Morgan fingerprint density at radius 2 is 1.06 bits per heavy atom. The van der Waals surface area contributed by atoms with Crippen molar-refractivity contribution in [2.24, 2.45) is 5.92 Å². The topological polar surface area (TPSA) is 18.5 Å². The van der Waals surface area contributed by atoms with Gasteiger partial charge in [0.25, 0.3) is 0 Å². The highest BCUT2D eigenvalue weighted by Gasteiger charge is 2.25. The molecule has 0 saturated heterocycles.